The highest BCUT2D eigenvalue weighted by Crippen LogP contribution is 2.41. The Hall–Kier alpha value is -1.58. The Bertz CT molecular complexity index is 487. The number of hydrogen-bond donors (Lipinski definition) is 0. The van der Waals surface area contributed by atoms with Crippen LogP contribution in [0.1, 0.15) is 20.3 Å². The van der Waals surface area contributed by atoms with Crippen LogP contribution in [0.2, 0.25) is 0 Å². The number of ether oxygens (including phenoxy) is 1. The zero-order chi connectivity index (χ0) is 11.5. The lowest BCUT2D eigenvalue weighted by Gasteiger charge is -2.30. The summed E-state index contributed by atoms with van der Waals surface area (Å²) < 4.78 is 5.93. The molecule has 0 fully saturated rings. The molecule has 0 aromatic carbocycles. The third kappa shape index (κ3) is 1.04. The number of rotatable bonds is 0. The molecule has 3 aliphatic rings. The number of carbonyl (C=O) groups excluding carboxylic acids is 1. The lowest BCUT2D eigenvalue weighted by atomic mass is 9.88. The van der Waals surface area contributed by atoms with Crippen LogP contribution in [0, 0.1) is 0 Å². The highest BCUT2D eigenvalue weighted by Gasteiger charge is 2.50. The van der Waals surface area contributed by atoms with Crippen LogP contribution in [0.4, 0.5) is 0 Å². The maximum Gasteiger partial charge on any atom is 0.259 e. The molecule has 0 aromatic heterocycles. The maximum atomic E-state index is 12.0. The predicted molar refractivity (Wildman–Crippen MR) is 60.0 cm³/mol. The fourth-order valence-corrected chi connectivity index (χ4v) is 2.65. The Labute approximate surface area is 94.3 Å². The number of aliphatic imine (C=N–C) groups is 1. The van der Waals surface area contributed by atoms with Crippen molar-refractivity contribution in [1.29, 1.82) is 0 Å². The summed E-state index contributed by atoms with van der Waals surface area (Å²) >= 11 is 0. The molecule has 0 aliphatic carbocycles. The van der Waals surface area contributed by atoms with Crippen molar-refractivity contribution in [3.63, 3.8) is 0 Å². The quantitative estimate of drug-likeness (QED) is 0.614. The second kappa shape index (κ2) is 2.75. The largest absolute Gasteiger partial charge is 0.482 e. The molecule has 3 rings (SSSR count). The third-order valence-corrected chi connectivity index (χ3v) is 3.34. The van der Waals surface area contributed by atoms with Crippen LogP contribution in [0.15, 0.2) is 28.1 Å². The van der Waals surface area contributed by atoms with Gasteiger partial charge in [-0.05, 0) is 13.8 Å². The van der Waals surface area contributed by atoms with Gasteiger partial charge in [-0.15, -0.1) is 0 Å². The van der Waals surface area contributed by atoms with E-state index in [9.17, 15) is 4.79 Å². The Kier molecular flexibility index (Phi) is 1.66. The van der Waals surface area contributed by atoms with Crippen molar-refractivity contribution < 1.29 is 9.53 Å². The molecule has 0 N–H and O–H groups in total. The minimum Gasteiger partial charge on any atom is -0.482 e. The standard InChI is InChI=1S/C12H14N2O2/c1-7-4-12(2)10(13-5-7)9-8(16-12)6-14(3)11(9)15/h5H,4,6H2,1-3H3. The number of nitrogens with zero attached hydrogens (tertiary/aromatic N) is 2. The second-order valence-electron chi connectivity index (χ2n) is 4.92. The minimum atomic E-state index is -0.416. The van der Waals surface area contributed by atoms with Gasteiger partial charge in [-0.25, -0.2) is 0 Å². The minimum absolute atomic E-state index is 0.0328. The summed E-state index contributed by atoms with van der Waals surface area (Å²) in [4.78, 5) is 18.0. The third-order valence-electron chi connectivity index (χ3n) is 3.34. The van der Waals surface area contributed by atoms with Crippen molar-refractivity contribution in [3.05, 3.63) is 23.1 Å². The van der Waals surface area contributed by atoms with Crippen LogP contribution in [0.25, 0.3) is 0 Å². The first-order valence-corrected chi connectivity index (χ1v) is 5.43. The molecule has 0 bridgehead atoms. The first-order valence-electron chi connectivity index (χ1n) is 5.43. The SMILES string of the molecule is CC1=CN=C2C3=C(CN(C)C3=O)OC2(C)C1. The molecule has 0 saturated carbocycles. The van der Waals surface area contributed by atoms with Crippen molar-refractivity contribution in [2.24, 2.45) is 4.99 Å². The van der Waals surface area contributed by atoms with Crippen LogP contribution in [0.5, 0.6) is 0 Å². The molecule has 4 heteroatoms. The van der Waals surface area contributed by atoms with Gasteiger partial charge in [0.25, 0.3) is 5.91 Å². The van der Waals surface area contributed by atoms with Crippen LogP contribution in [0.3, 0.4) is 0 Å². The van der Waals surface area contributed by atoms with Gasteiger partial charge in [0.15, 0.2) is 5.60 Å². The van der Waals surface area contributed by atoms with Crippen molar-refractivity contribution in [2.45, 2.75) is 25.9 Å². The van der Waals surface area contributed by atoms with Crippen LogP contribution in [-0.4, -0.2) is 35.7 Å². The van der Waals surface area contributed by atoms with Crippen LogP contribution < -0.4 is 0 Å². The van der Waals surface area contributed by atoms with E-state index in [2.05, 4.69) is 4.99 Å². The molecule has 1 amide bonds. The second-order valence-corrected chi connectivity index (χ2v) is 4.92. The molecular formula is C12H14N2O2. The summed E-state index contributed by atoms with van der Waals surface area (Å²) in [5.74, 6) is 0.822. The van der Waals surface area contributed by atoms with Gasteiger partial charge in [0.1, 0.15) is 17.0 Å². The lowest BCUT2D eigenvalue weighted by Crippen LogP contribution is -2.40. The topological polar surface area (TPSA) is 41.9 Å². The summed E-state index contributed by atoms with van der Waals surface area (Å²) in [5.41, 5.74) is 2.27. The molecule has 0 radical (unpaired) electrons. The van der Waals surface area contributed by atoms with E-state index in [1.54, 1.807) is 11.9 Å². The van der Waals surface area contributed by atoms with Gasteiger partial charge in [-0.2, -0.15) is 0 Å². The van der Waals surface area contributed by atoms with E-state index < -0.39 is 5.60 Å². The summed E-state index contributed by atoms with van der Waals surface area (Å²) in [6.07, 6.45) is 2.65. The molecule has 1 atom stereocenters. The van der Waals surface area contributed by atoms with Gasteiger partial charge in [-0.1, -0.05) is 5.57 Å². The Morgan fingerprint density at radius 1 is 1.56 bits per heavy atom. The average Bonchev–Trinajstić information content (AvgIpc) is 2.60. The molecule has 3 aliphatic heterocycles. The van der Waals surface area contributed by atoms with E-state index in [1.165, 1.54) is 5.57 Å². The van der Waals surface area contributed by atoms with Gasteiger partial charge in [0, 0.05) is 19.7 Å². The number of fused-ring (bicyclic) bond motifs is 2. The first kappa shape index (κ1) is 9.63. The zero-order valence-corrected chi connectivity index (χ0v) is 9.70. The van der Waals surface area contributed by atoms with E-state index in [0.717, 1.165) is 17.9 Å². The Balaban J connectivity index is 2.09. The maximum absolute atomic E-state index is 12.0. The number of likely N-dealkylation sites (N-methyl/N-ethyl adjacent to an activating group) is 1. The van der Waals surface area contributed by atoms with Crippen molar-refractivity contribution in [3.8, 4) is 0 Å². The highest BCUT2D eigenvalue weighted by atomic mass is 16.5. The van der Waals surface area contributed by atoms with Gasteiger partial charge in [-0.3, -0.25) is 9.79 Å². The molecule has 0 aromatic rings. The molecule has 0 saturated heterocycles. The van der Waals surface area contributed by atoms with E-state index in [-0.39, 0.29) is 5.91 Å². The molecule has 84 valence electrons. The van der Waals surface area contributed by atoms with Gasteiger partial charge < -0.3 is 9.64 Å². The van der Waals surface area contributed by atoms with Gasteiger partial charge >= 0.3 is 0 Å². The normalized spacial score (nSPS) is 32.2. The van der Waals surface area contributed by atoms with Gasteiger partial charge in [0.05, 0.1) is 6.54 Å². The smallest absolute Gasteiger partial charge is 0.259 e. The summed E-state index contributed by atoms with van der Waals surface area (Å²) in [6.45, 7) is 4.61. The van der Waals surface area contributed by atoms with Crippen molar-refractivity contribution >= 4 is 11.6 Å². The molecule has 4 nitrogen and oxygen atoms in total. The summed E-state index contributed by atoms with van der Waals surface area (Å²) in [7, 11) is 1.78. The average molecular weight is 218 g/mol. The zero-order valence-electron chi connectivity index (χ0n) is 9.70. The molecule has 16 heavy (non-hydrogen) atoms. The molecule has 0 spiro atoms. The van der Waals surface area contributed by atoms with E-state index in [1.807, 2.05) is 20.0 Å². The van der Waals surface area contributed by atoms with Crippen LogP contribution >= 0.6 is 0 Å². The summed E-state index contributed by atoms with van der Waals surface area (Å²) in [6, 6.07) is 0. The molecule has 1 unspecified atom stereocenters. The van der Waals surface area contributed by atoms with E-state index in [4.69, 9.17) is 4.74 Å². The van der Waals surface area contributed by atoms with Crippen LogP contribution in [-0.2, 0) is 9.53 Å². The Morgan fingerprint density at radius 2 is 2.31 bits per heavy atom. The summed E-state index contributed by atoms with van der Waals surface area (Å²) in [5, 5.41) is 0. The monoisotopic (exact) mass is 218 g/mol. The number of carbonyl (C=O) groups is 1. The van der Waals surface area contributed by atoms with Crippen molar-refractivity contribution in [1.82, 2.24) is 4.90 Å². The molecular weight excluding hydrogens is 204 g/mol. The fraction of sp³-hybridized carbons (Fsp3) is 0.500. The Morgan fingerprint density at radius 3 is 3.06 bits per heavy atom. The highest BCUT2D eigenvalue weighted by molar-refractivity contribution is 6.27. The molecule has 3 heterocycles. The number of amides is 1. The fourth-order valence-electron chi connectivity index (χ4n) is 2.65. The van der Waals surface area contributed by atoms with Gasteiger partial charge in [0.2, 0.25) is 0 Å². The predicted octanol–water partition coefficient (Wildman–Crippen LogP) is 1.25. The number of hydrogen-bond acceptors (Lipinski definition) is 3. The van der Waals surface area contributed by atoms with E-state index in [0.29, 0.717) is 12.1 Å². The van der Waals surface area contributed by atoms with Crippen molar-refractivity contribution in [2.75, 3.05) is 13.6 Å². The van der Waals surface area contributed by atoms with E-state index >= 15 is 0 Å². The first-order chi connectivity index (χ1) is 7.51. The lowest BCUT2D eigenvalue weighted by molar-refractivity contribution is -0.124.